The molecule has 4 rings (SSSR count). The summed E-state index contributed by atoms with van der Waals surface area (Å²) in [5.74, 6) is 14.0. The van der Waals surface area contributed by atoms with Gasteiger partial charge in [0, 0.05) is 65.3 Å². The lowest BCUT2D eigenvalue weighted by molar-refractivity contribution is -0.133. The maximum Gasteiger partial charge on any atom is 0.268 e. The lowest BCUT2D eigenvalue weighted by atomic mass is 10.0. The average molecular weight is 798 g/mol. The molecule has 2 aromatic heterocycles. The monoisotopic (exact) mass is 797 g/mol. The predicted octanol–water partition coefficient (Wildman–Crippen LogP) is 3.72. The molecule has 0 aliphatic rings. The minimum Gasteiger partial charge on any atom is -0.391 e. The second-order valence-electron chi connectivity index (χ2n) is 13.4. The summed E-state index contributed by atoms with van der Waals surface area (Å²) in [6.07, 6.45) is 15.3. The summed E-state index contributed by atoms with van der Waals surface area (Å²) in [5, 5.41) is 23.3. The molecule has 0 saturated carbocycles. The average Bonchev–Trinajstić information content (AvgIpc) is 3.23. The maximum atomic E-state index is 12.4. The number of carbonyl (C=O) groups is 4. The number of hydrogen-bond donors (Lipinski definition) is 5. The fourth-order valence-corrected chi connectivity index (χ4v) is 4.76. The van der Waals surface area contributed by atoms with E-state index in [1.807, 2.05) is 39.0 Å². The van der Waals surface area contributed by atoms with E-state index in [1.54, 1.807) is 74.2 Å². The zero-order valence-corrected chi connectivity index (χ0v) is 33.6. The van der Waals surface area contributed by atoms with Crippen LogP contribution < -0.4 is 16.1 Å². The molecule has 0 aliphatic carbocycles. The highest BCUT2D eigenvalue weighted by molar-refractivity contribution is 5.99. The Morgan fingerprint density at radius 1 is 0.729 bits per heavy atom. The summed E-state index contributed by atoms with van der Waals surface area (Å²) in [7, 11) is 1.44. The number of aliphatic hydroxyl groups excluding tert-OH is 1. The molecule has 13 nitrogen and oxygen atoms in total. The number of aromatic nitrogens is 2. The minimum absolute atomic E-state index is 0.0984. The van der Waals surface area contributed by atoms with Gasteiger partial charge in [0.2, 0.25) is 0 Å². The van der Waals surface area contributed by atoms with Crippen molar-refractivity contribution in [1.82, 2.24) is 26.1 Å². The van der Waals surface area contributed by atoms with E-state index >= 15 is 0 Å². The van der Waals surface area contributed by atoms with Crippen LogP contribution in [0.2, 0.25) is 0 Å². The summed E-state index contributed by atoms with van der Waals surface area (Å²) in [6, 6.07) is 18.1. The van der Waals surface area contributed by atoms with Crippen molar-refractivity contribution in [3.63, 3.8) is 0 Å². The second kappa shape index (κ2) is 25.2. The number of benzene rings is 2. The Bertz CT molecular complexity index is 2180. The normalized spacial score (nSPS) is 12.0. The Labute approximate surface area is 345 Å². The molecule has 0 saturated heterocycles. The number of nitrogens with one attached hydrogen (secondary N) is 3. The summed E-state index contributed by atoms with van der Waals surface area (Å²) in [5.41, 5.74) is 4.59. The van der Waals surface area contributed by atoms with Gasteiger partial charge < -0.3 is 25.2 Å². The van der Waals surface area contributed by atoms with E-state index < -0.39 is 41.7 Å². The first kappa shape index (κ1) is 48.0. The molecular formula is C46H47N5O8. The molecule has 0 unspecified atom stereocenters. The van der Waals surface area contributed by atoms with Gasteiger partial charge in [0.1, 0.15) is 18.7 Å². The number of carbonyl (C=O) groups excluding carboxylic acids is 4. The van der Waals surface area contributed by atoms with E-state index in [1.165, 1.54) is 31.6 Å². The number of terminal acetylenes is 2. The van der Waals surface area contributed by atoms with Crippen LogP contribution >= 0.6 is 0 Å². The molecule has 304 valence electrons. The van der Waals surface area contributed by atoms with Gasteiger partial charge >= 0.3 is 0 Å². The van der Waals surface area contributed by atoms with Gasteiger partial charge in [-0.05, 0) is 119 Å². The molecule has 0 spiro atoms. The molecule has 3 amide bonds. The highest BCUT2D eigenvalue weighted by atomic mass is 16.5. The van der Waals surface area contributed by atoms with Crippen molar-refractivity contribution in [2.24, 2.45) is 0 Å². The van der Waals surface area contributed by atoms with Crippen LogP contribution in [0.25, 0.3) is 0 Å². The predicted molar refractivity (Wildman–Crippen MR) is 222 cm³/mol. The van der Waals surface area contributed by atoms with E-state index in [9.17, 15) is 24.3 Å². The van der Waals surface area contributed by atoms with E-state index in [4.69, 9.17) is 27.5 Å². The van der Waals surface area contributed by atoms with Crippen LogP contribution in [-0.2, 0) is 19.1 Å². The van der Waals surface area contributed by atoms with Gasteiger partial charge in [-0.25, -0.2) is 5.48 Å². The van der Waals surface area contributed by atoms with Crippen LogP contribution in [0, 0.1) is 48.4 Å². The number of ether oxygens (including phenoxy) is 2. The number of nitrogens with zero attached hydrogens (tertiary/aromatic N) is 2. The Morgan fingerprint density at radius 3 is 1.61 bits per heavy atom. The third-order valence-electron chi connectivity index (χ3n) is 7.52. The molecule has 59 heavy (non-hydrogen) atoms. The Morgan fingerprint density at radius 2 is 1.20 bits per heavy atom. The first-order valence-corrected chi connectivity index (χ1v) is 18.0. The fourth-order valence-electron chi connectivity index (χ4n) is 4.76. The smallest absolute Gasteiger partial charge is 0.268 e. The van der Waals surface area contributed by atoms with E-state index in [-0.39, 0.29) is 23.9 Å². The summed E-state index contributed by atoms with van der Waals surface area (Å²) in [4.78, 5) is 56.1. The zero-order valence-electron chi connectivity index (χ0n) is 33.6. The molecule has 2 aromatic carbocycles. The van der Waals surface area contributed by atoms with Crippen molar-refractivity contribution in [3.8, 4) is 48.4 Å². The number of Topliss-reactive ketones (excluding diaryl/α,β-unsaturated/α-hetero) is 1. The molecule has 0 bridgehead atoms. The second-order valence-corrected chi connectivity index (χ2v) is 13.4. The summed E-state index contributed by atoms with van der Waals surface area (Å²) >= 11 is 0. The summed E-state index contributed by atoms with van der Waals surface area (Å²) < 4.78 is 10.7. The number of methoxy groups -OCH3 is 1. The lowest BCUT2D eigenvalue weighted by Crippen LogP contribution is -2.51. The van der Waals surface area contributed by atoms with Crippen LogP contribution in [0.1, 0.15) is 77.6 Å². The number of hydrogen-bond acceptors (Lipinski definition) is 10. The van der Waals surface area contributed by atoms with Crippen LogP contribution in [-0.4, -0.2) is 87.4 Å². The molecular weight excluding hydrogens is 751 g/mol. The van der Waals surface area contributed by atoms with Gasteiger partial charge in [-0.1, -0.05) is 23.7 Å². The number of hydroxylamine groups is 1. The Kier molecular flexibility index (Phi) is 20.5. The van der Waals surface area contributed by atoms with Gasteiger partial charge in [0.15, 0.2) is 5.78 Å². The standard InChI is InChI=1S/C20H17N3O4.C19H25NO4.C7H5N/c1-14(24)18(20(26)23-27)22-19(25)17-10-8-15(9-11-17)5-2-3-6-16-7-4-12-21-13-16;1-7-14-8-10-15(11-9-14)18(22)20-17(16(21)12-23-6)13(2)24-19(3,4)5;1-2-7-4-3-5-8-6-7/h4,7-14,18,24,27H,1H3,(H,22,25)(H,23,26);1,8-11,13,17H,12H2,2-6H3,(H,20,22);1,3-6H/t14-,18+;13-,17+;/m11./s1. The number of ketones is 1. The van der Waals surface area contributed by atoms with Crippen molar-refractivity contribution in [3.05, 3.63) is 131 Å². The van der Waals surface area contributed by atoms with E-state index in [0.717, 1.165) is 11.1 Å². The highest BCUT2D eigenvalue weighted by Gasteiger charge is 2.30. The number of pyridine rings is 2. The first-order valence-electron chi connectivity index (χ1n) is 18.0. The number of amides is 3. The molecule has 13 heteroatoms. The first-order chi connectivity index (χ1) is 28.1. The van der Waals surface area contributed by atoms with Crippen molar-refractivity contribution < 1.29 is 39.0 Å². The fraction of sp³-hybridized carbons (Fsp3) is 0.261. The molecule has 0 fully saturated rings. The minimum atomic E-state index is -1.27. The van der Waals surface area contributed by atoms with Gasteiger partial charge in [-0.15, -0.1) is 12.8 Å². The van der Waals surface area contributed by atoms with E-state index in [2.05, 4.69) is 56.1 Å². The molecule has 2 heterocycles. The van der Waals surface area contributed by atoms with Gasteiger partial charge in [-0.2, -0.15) is 0 Å². The van der Waals surface area contributed by atoms with Crippen molar-refractivity contribution >= 4 is 23.5 Å². The van der Waals surface area contributed by atoms with E-state index in [0.29, 0.717) is 16.7 Å². The van der Waals surface area contributed by atoms with Crippen molar-refractivity contribution in [1.29, 1.82) is 0 Å². The quantitative estimate of drug-likeness (QED) is 0.0851. The van der Waals surface area contributed by atoms with Gasteiger partial charge in [0.25, 0.3) is 17.7 Å². The molecule has 4 atom stereocenters. The molecule has 5 N–H and O–H groups in total. The Balaban J connectivity index is 0.000000344. The third-order valence-corrected chi connectivity index (χ3v) is 7.52. The zero-order chi connectivity index (χ0) is 43.8. The largest absolute Gasteiger partial charge is 0.391 e. The number of rotatable bonds is 11. The van der Waals surface area contributed by atoms with Crippen LogP contribution in [0.3, 0.4) is 0 Å². The Hall–Kier alpha value is -7.10. The van der Waals surface area contributed by atoms with Crippen LogP contribution in [0.5, 0.6) is 0 Å². The number of aliphatic hydroxyl groups is 1. The van der Waals surface area contributed by atoms with Crippen LogP contribution in [0.4, 0.5) is 0 Å². The third kappa shape index (κ3) is 18.1. The maximum absolute atomic E-state index is 12.4. The van der Waals surface area contributed by atoms with Crippen molar-refractivity contribution in [2.45, 2.75) is 64.5 Å². The molecule has 0 radical (unpaired) electrons. The van der Waals surface area contributed by atoms with Gasteiger partial charge in [0.05, 0.1) is 17.8 Å². The SMILES string of the molecule is C#Cc1ccc(C(=O)N[C@H](C(=O)COC)[C@@H](C)OC(C)(C)C)cc1.C#Cc1cccnc1.C[C@@H](O)[C@H](NC(=O)c1ccc(C#CC#Cc2cccnc2)cc1)C(=O)NO. The van der Waals surface area contributed by atoms with Crippen molar-refractivity contribution in [2.75, 3.05) is 13.7 Å². The molecule has 4 aromatic rings. The summed E-state index contributed by atoms with van der Waals surface area (Å²) in [6.45, 7) is 8.65. The lowest BCUT2D eigenvalue weighted by Gasteiger charge is -2.30. The van der Waals surface area contributed by atoms with Crippen LogP contribution in [0.15, 0.2) is 97.6 Å². The van der Waals surface area contributed by atoms with Gasteiger partial charge in [-0.3, -0.25) is 34.4 Å². The topological polar surface area (TPSA) is 189 Å². The highest BCUT2D eigenvalue weighted by Crippen LogP contribution is 2.15. The molecule has 0 aliphatic heterocycles.